The van der Waals surface area contributed by atoms with Crippen LogP contribution >= 0.6 is 0 Å². The minimum Gasteiger partial charge on any atom is -0.390 e. The highest BCUT2D eigenvalue weighted by Crippen LogP contribution is 2.17. The Morgan fingerprint density at radius 2 is 1.56 bits per heavy atom. The largest absolute Gasteiger partial charge is 0.502 e. The monoisotopic (exact) mass is 252 g/mol. The van der Waals surface area contributed by atoms with Crippen LogP contribution in [0.1, 0.15) is 5.56 Å². The van der Waals surface area contributed by atoms with Crippen molar-refractivity contribution in [3.05, 3.63) is 35.1 Å². The third-order valence-electron chi connectivity index (χ3n) is 2.11. The second-order valence-corrected chi connectivity index (χ2v) is 5.77. The average molecular weight is 252 g/mol. The molecular weight excluding hydrogens is 241 g/mol. The molecule has 1 N–H and O–H groups in total. The van der Waals surface area contributed by atoms with Crippen molar-refractivity contribution in [1.82, 2.24) is 0 Å². The Kier molecular flexibility index (Phi) is 4.08. The second kappa shape index (κ2) is 4.96. The van der Waals surface area contributed by atoms with E-state index in [2.05, 4.69) is 0 Å². The molecule has 0 aromatic heterocycles. The maximum absolute atomic E-state index is 12.9. The van der Waals surface area contributed by atoms with E-state index in [1.807, 2.05) is 0 Å². The molecule has 1 rings (SSSR count). The third kappa shape index (κ3) is 2.82. The highest BCUT2D eigenvalue weighted by Gasteiger charge is 2.35. The Labute approximate surface area is 91.8 Å². The zero-order chi connectivity index (χ0) is 12.3. The molecule has 0 spiro atoms. The summed E-state index contributed by atoms with van der Waals surface area (Å²) < 4.78 is 47.8. The van der Waals surface area contributed by atoms with Gasteiger partial charge in [-0.2, -0.15) is 0 Å². The van der Waals surface area contributed by atoms with Gasteiger partial charge in [0.1, 0.15) is 0 Å². The first-order valence-electron chi connectivity index (χ1n) is 4.38. The summed E-state index contributed by atoms with van der Waals surface area (Å²) in [6.07, 6.45) is 0. The van der Waals surface area contributed by atoms with E-state index >= 15 is 0 Å². The molecule has 0 atom stereocenters. The summed E-state index contributed by atoms with van der Waals surface area (Å²) in [5.74, 6) is -4.15. The third-order valence-corrected chi connectivity index (χ3v) is 4.24. The topological polar surface area (TPSA) is 38.7 Å². The first-order chi connectivity index (χ1) is 7.41. The predicted molar refractivity (Wildman–Crippen MR) is 52.0 cm³/mol. The smallest absolute Gasteiger partial charge is 0.390 e. The summed E-state index contributed by atoms with van der Waals surface area (Å²) >= 11 is 0. The minimum absolute atomic E-state index is 0.0780. The summed E-state index contributed by atoms with van der Waals surface area (Å²) in [6, 6.07) is 1.41. The lowest BCUT2D eigenvalue weighted by atomic mass is 10.2. The van der Waals surface area contributed by atoms with Gasteiger partial charge >= 0.3 is 8.80 Å². The number of hydrogen-bond acceptors (Lipinski definition) is 3. The predicted octanol–water partition coefficient (Wildman–Crippen LogP) is 1.41. The lowest BCUT2D eigenvalue weighted by Gasteiger charge is -2.19. The zero-order valence-corrected chi connectivity index (χ0v) is 9.76. The van der Waals surface area contributed by atoms with E-state index in [0.717, 1.165) is 12.1 Å². The fraction of sp³-hybridized carbons (Fsp3) is 0.333. The molecule has 3 nitrogen and oxygen atoms in total. The molecule has 0 radical (unpaired) electrons. The van der Waals surface area contributed by atoms with E-state index in [-0.39, 0.29) is 11.6 Å². The SMILES string of the molecule is CO[Si](O)(Cc1cc(F)c(F)c(F)c1)OC. The van der Waals surface area contributed by atoms with Crippen molar-refractivity contribution in [2.24, 2.45) is 0 Å². The van der Waals surface area contributed by atoms with Gasteiger partial charge in [-0.1, -0.05) is 0 Å². The summed E-state index contributed by atoms with van der Waals surface area (Å²) in [4.78, 5) is 9.69. The Hall–Kier alpha value is -0.893. The van der Waals surface area contributed by atoms with Crippen molar-refractivity contribution >= 4 is 8.80 Å². The van der Waals surface area contributed by atoms with E-state index in [9.17, 15) is 18.0 Å². The molecule has 1 aromatic rings. The van der Waals surface area contributed by atoms with Gasteiger partial charge in [0.05, 0.1) is 0 Å². The molecule has 0 fully saturated rings. The van der Waals surface area contributed by atoms with E-state index in [4.69, 9.17) is 8.85 Å². The fourth-order valence-electron chi connectivity index (χ4n) is 1.20. The molecule has 0 saturated carbocycles. The van der Waals surface area contributed by atoms with Crippen LogP contribution in [0.3, 0.4) is 0 Å². The molecule has 0 aliphatic heterocycles. The van der Waals surface area contributed by atoms with Crippen LogP contribution < -0.4 is 0 Å². The van der Waals surface area contributed by atoms with Crippen LogP contribution in [0.5, 0.6) is 0 Å². The van der Waals surface area contributed by atoms with Crippen LogP contribution in [-0.2, 0) is 14.9 Å². The quantitative estimate of drug-likeness (QED) is 0.650. The Morgan fingerprint density at radius 1 is 1.12 bits per heavy atom. The molecule has 0 aliphatic carbocycles. The molecule has 7 heteroatoms. The molecular formula is C9H11F3O3Si. The Bertz CT molecular complexity index is 359. The molecule has 1 aromatic carbocycles. The first kappa shape index (κ1) is 13.2. The van der Waals surface area contributed by atoms with Crippen LogP contribution in [-0.4, -0.2) is 27.8 Å². The van der Waals surface area contributed by atoms with Gasteiger partial charge in [-0.25, -0.2) is 13.2 Å². The van der Waals surface area contributed by atoms with Crippen molar-refractivity contribution in [1.29, 1.82) is 0 Å². The summed E-state index contributed by atoms with van der Waals surface area (Å²) in [7, 11) is -1.00. The van der Waals surface area contributed by atoms with Gasteiger partial charge in [0, 0.05) is 20.3 Å². The lowest BCUT2D eigenvalue weighted by Crippen LogP contribution is -2.43. The molecule has 90 valence electrons. The first-order valence-corrected chi connectivity index (χ1v) is 6.35. The van der Waals surface area contributed by atoms with Gasteiger partial charge in [-0.3, -0.25) is 0 Å². The standard InChI is InChI=1S/C9H11F3O3Si/c1-14-16(13,15-2)5-6-3-7(10)9(12)8(11)4-6/h3-4,13H,5H2,1-2H3. The highest BCUT2D eigenvalue weighted by atomic mass is 28.4. The minimum atomic E-state index is -3.46. The van der Waals surface area contributed by atoms with Gasteiger partial charge in [0.25, 0.3) is 0 Å². The fourth-order valence-corrected chi connectivity index (χ4v) is 2.37. The van der Waals surface area contributed by atoms with Crippen molar-refractivity contribution < 1.29 is 26.8 Å². The lowest BCUT2D eigenvalue weighted by molar-refractivity contribution is 0.150. The van der Waals surface area contributed by atoms with Gasteiger partial charge < -0.3 is 13.6 Å². The molecule has 0 aliphatic rings. The highest BCUT2D eigenvalue weighted by molar-refractivity contribution is 6.58. The summed E-state index contributed by atoms with van der Waals surface area (Å²) in [5, 5.41) is 0. The van der Waals surface area contributed by atoms with E-state index in [1.165, 1.54) is 14.2 Å². The van der Waals surface area contributed by atoms with E-state index < -0.39 is 26.3 Å². The summed E-state index contributed by atoms with van der Waals surface area (Å²) in [6.45, 7) is 0. The molecule has 0 amide bonds. The number of hydrogen-bond donors (Lipinski definition) is 1. The molecule has 0 bridgehead atoms. The maximum Gasteiger partial charge on any atom is 0.502 e. The van der Waals surface area contributed by atoms with Crippen molar-refractivity contribution in [2.45, 2.75) is 6.04 Å². The van der Waals surface area contributed by atoms with E-state index in [0.29, 0.717) is 0 Å². The molecule has 0 saturated heterocycles. The number of benzene rings is 1. The van der Waals surface area contributed by atoms with Crippen molar-refractivity contribution in [3.63, 3.8) is 0 Å². The molecule has 0 heterocycles. The van der Waals surface area contributed by atoms with Crippen LogP contribution in [0.15, 0.2) is 12.1 Å². The van der Waals surface area contributed by atoms with Gasteiger partial charge in [0.2, 0.25) is 0 Å². The van der Waals surface area contributed by atoms with Crippen LogP contribution in [0.4, 0.5) is 13.2 Å². The molecule has 0 unspecified atom stereocenters. The van der Waals surface area contributed by atoms with Gasteiger partial charge in [-0.15, -0.1) is 0 Å². The van der Waals surface area contributed by atoms with Gasteiger partial charge in [0.15, 0.2) is 17.5 Å². The number of rotatable bonds is 4. The Morgan fingerprint density at radius 3 is 1.94 bits per heavy atom. The normalized spacial score (nSPS) is 11.9. The Balaban J connectivity index is 2.98. The number of halogens is 3. The van der Waals surface area contributed by atoms with Gasteiger partial charge in [-0.05, 0) is 17.7 Å². The van der Waals surface area contributed by atoms with Crippen molar-refractivity contribution in [3.8, 4) is 0 Å². The van der Waals surface area contributed by atoms with Crippen LogP contribution in [0.2, 0.25) is 0 Å². The maximum atomic E-state index is 12.9. The van der Waals surface area contributed by atoms with Crippen LogP contribution in [0.25, 0.3) is 0 Å². The van der Waals surface area contributed by atoms with E-state index in [1.54, 1.807) is 0 Å². The molecule has 16 heavy (non-hydrogen) atoms. The second-order valence-electron chi connectivity index (χ2n) is 3.17. The summed E-state index contributed by atoms with van der Waals surface area (Å²) in [5.41, 5.74) is 0.0780. The van der Waals surface area contributed by atoms with Crippen LogP contribution in [0, 0.1) is 17.5 Å². The van der Waals surface area contributed by atoms with Crippen molar-refractivity contribution in [2.75, 3.05) is 14.2 Å². The zero-order valence-electron chi connectivity index (χ0n) is 8.76. The average Bonchev–Trinajstić information content (AvgIpc) is 2.25.